The summed E-state index contributed by atoms with van der Waals surface area (Å²) < 4.78 is 6.13. The number of rotatable bonds is 4. The van der Waals surface area contributed by atoms with Crippen LogP contribution in [0.2, 0.25) is 10.0 Å². The van der Waals surface area contributed by atoms with Gasteiger partial charge >= 0.3 is 0 Å². The van der Waals surface area contributed by atoms with E-state index in [1.54, 1.807) is 23.1 Å². The third-order valence-electron chi connectivity index (χ3n) is 4.36. The van der Waals surface area contributed by atoms with E-state index < -0.39 is 12.2 Å². The van der Waals surface area contributed by atoms with Crippen molar-refractivity contribution in [1.82, 2.24) is 0 Å². The molecule has 1 aliphatic rings. The van der Waals surface area contributed by atoms with E-state index >= 15 is 0 Å². The summed E-state index contributed by atoms with van der Waals surface area (Å²) in [7, 11) is 0. The number of anilines is 1. The zero-order valence-electron chi connectivity index (χ0n) is 14.5. The first-order valence-corrected chi connectivity index (χ1v) is 9.15. The number of aldehydes is 1. The smallest absolute Gasteiger partial charge is 0.256 e. The fraction of sp³-hybridized carbons (Fsp3) is 0.300. The molecule has 2 atom stereocenters. The van der Waals surface area contributed by atoms with Crippen LogP contribution in [0.3, 0.4) is 0 Å². The molecule has 4 nitrogen and oxygen atoms in total. The van der Waals surface area contributed by atoms with Gasteiger partial charge in [0.1, 0.15) is 18.5 Å². The highest BCUT2D eigenvalue weighted by atomic mass is 35.5. The number of carbonyl (C=O) groups excluding carboxylic acids is 2. The van der Waals surface area contributed by atoms with Crippen LogP contribution in [0, 0.1) is 0 Å². The summed E-state index contributed by atoms with van der Waals surface area (Å²) in [5.41, 5.74) is 2.20. The summed E-state index contributed by atoms with van der Waals surface area (Å²) in [6, 6.07) is 12.5. The molecule has 3 rings (SSSR count). The molecule has 0 spiro atoms. The second kappa shape index (κ2) is 7.78. The predicted molar refractivity (Wildman–Crippen MR) is 103 cm³/mol. The topological polar surface area (TPSA) is 46.6 Å². The van der Waals surface area contributed by atoms with Crippen molar-refractivity contribution in [3.63, 3.8) is 0 Å². The second-order valence-electron chi connectivity index (χ2n) is 6.43. The molecule has 6 heteroatoms. The normalized spacial score (nSPS) is 20.0. The molecule has 0 fully saturated rings. The fourth-order valence-electron chi connectivity index (χ4n) is 3.23. The minimum atomic E-state index is -0.887. The molecule has 0 unspecified atom stereocenters. The van der Waals surface area contributed by atoms with Gasteiger partial charge in [0, 0.05) is 33.6 Å². The average molecular weight is 392 g/mol. The lowest BCUT2D eigenvalue weighted by atomic mass is 9.99. The van der Waals surface area contributed by atoms with Gasteiger partial charge in [-0.05, 0) is 38.1 Å². The maximum absolute atomic E-state index is 13.1. The number of fused-ring (bicyclic) bond motifs is 1. The van der Waals surface area contributed by atoms with E-state index in [1.165, 1.54) is 0 Å². The number of benzene rings is 2. The van der Waals surface area contributed by atoms with Gasteiger partial charge in [-0.3, -0.25) is 4.79 Å². The van der Waals surface area contributed by atoms with Crippen molar-refractivity contribution in [2.24, 2.45) is 0 Å². The zero-order valence-corrected chi connectivity index (χ0v) is 16.0. The Balaban J connectivity index is 2.24. The van der Waals surface area contributed by atoms with Gasteiger partial charge in [-0.1, -0.05) is 41.4 Å². The Morgan fingerprint density at radius 1 is 1.15 bits per heavy atom. The third kappa shape index (κ3) is 3.50. The molecule has 1 amide bonds. The molecular formula is C20H19Cl2NO3. The standard InChI is InChI=1S/C20H19Cl2NO3/c1-12(2)23-17-8-7-13(21)11-15(17)19(14-5-3-4-6-16(14)22)26-18(9-10-24)20(23)25/h3-8,10-12,18-19H,9H2,1-2H3/t18-,19-/m0/s1. The van der Waals surface area contributed by atoms with Crippen LogP contribution in [0.25, 0.3) is 0 Å². The van der Waals surface area contributed by atoms with Gasteiger partial charge in [0.25, 0.3) is 5.91 Å². The lowest BCUT2D eigenvalue weighted by Crippen LogP contribution is -2.43. The van der Waals surface area contributed by atoms with Crippen LogP contribution < -0.4 is 4.90 Å². The van der Waals surface area contributed by atoms with Crippen LogP contribution in [0.15, 0.2) is 42.5 Å². The summed E-state index contributed by atoms with van der Waals surface area (Å²) >= 11 is 12.6. The van der Waals surface area contributed by atoms with E-state index in [0.717, 1.165) is 11.1 Å². The molecule has 2 aromatic rings. The predicted octanol–water partition coefficient (Wildman–Crippen LogP) is 4.81. The Bertz CT molecular complexity index is 838. The van der Waals surface area contributed by atoms with Crippen LogP contribution in [0.5, 0.6) is 0 Å². The van der Waals surface area contributed by atoms with Crippen molar-refractivity contribution in [3.05, 3.63) is 63.6 Å². The molecule has 0 bridgehead atoms. The molecule has 0 aromatic heterocycles. The Morgan fingerprint density at radius 3 is 2.54 bits per heavy atom. The lowest BCUT2D eigenvalue weighted by molar-refractivity contribution is -0.134. The van der Waals surface area contributed by atoms with E-state index in [-0.39, 0.29) is 18.4 Å². The van der Waals surface area contributed by atoms with E-state index in [1.807, 2.05) is 38.1 Å². The van der Waals surface area contributed by atoms with E-state index in [9.17, 15) is 9.59 Å². The third-order valence-corrected chi connectivity index (χ3v) is 4.94. The molecule has 0 saturated heterocycles. The van der Waals surface area contributed by atoms with Crippen molar-refractivity contribution >= 4 is 41.1 Å². The van der Waals surface area contributed by atoms with Crippen LogP contribution in [0.4, 0.5) is 5.69 Å². The van der Waals surface area contributed by atoms with Gasteiger partial charge in [0.05, 0.1) is 5.69 Å². The summed E-state index contributed by atoms with van der Waals surface area (Å²) in [5, 5.41) is 1.06. The first kappa shape index (κ1) is 18.9. The Hall–Kier alpha value is -1.88. The van der Waals surface area contributed by atoms with Gasteiger partial charge in [0.15, 0.2) is 0 Å². The minimum absolute atomic E-state index is 0.0231. The van der Waals surface area contributed by atoms with Crippen LogP contribution in [-0.4, -0.2) is 24.3 Å². The quantitative estimate of drug-likeness (QED) is 0.702. The highest BCUT2D eigenvalue weighted by molar-refractivity contribution is 6.31. The summed E-state index contributed by atoms with van der Waals surface area (Å²) in [6.07, 6.45) is -0.810. The van der Waals surface area contributed by atoms with E-state index in [4.69, 9.17) is 27.9 Å². The van der Waals surface area contributed by atoms with Gasteiger partial charge < -0.3 is 14.4 Å². The van der Waals surface area contributed by atoms with Crippen molar-refractivity contribution in [2.45, 2.75) is 38.5 Å². The number of carbonyl (C=O) groups is 2. The molecule has 2 aromatic carbocycles. The monoisotopic (exact) mass is 391 g/mol. The SMILES string of the molecule is CC(C)N1C(=O)[C@H](CC=O)O[C@@H](c2ccccc2Cl)c2cc(Cl)ccc21. The first-order chi connectivity index (χ1) is 12.4. The van der Waals surface area contributed by atoms with Crippen molar-refractivity contribution < 1.29 is 14.3 Å². The van der Waals surface area contributed by atoms with Crippen LogP contribution in [0.1, 0.15) is 37.5 Å². The van der Waals surface area contributed by atoms with E-state index in [2.05, 4.69) is 0 Å². The molecule has 26 heavy (non-hydrogen) atoms. The van der Waals surface area contributed by atoms with Gasteiger partial charge in [-0.2, -0.15) is 0 Å². The molecule has 1 aliphatic heterocycles. The second-order valence-corrected chi connectivity index (χ2v) is 7.28. The van der Waals surface area contributed by atoms with E-state index in [0.29, 0.717) is 22.0 Å². The number of amides is 1. The number of halogens is 2. The molecule has 0 N–H and O–H groups in total. The number of hydrogen-bond acceptors (Lipinski definition) is 3. The number of nitrogens with zero attached hydrogens (tertiary/aromatic N) is 1. The first-order valence-electron chi connectivity index (χ1n) is 8.40. The lowest BCUT2D eigenvalue weighted by Gasteiger charge is -2.28. The van der Waals surface area contributed by atoms with Gasteiger partial charge in [-0.25, -0.2) is 0 Å². The highest BCUT2D eigenvalue weighted by Crippen LogP contribution is 2.42. The number of hydrogen-bond donors (Lipinski definition) is 0. The van der Waals surface area contributed by atoms with Gasteiger partial charge in [0.2, 0.25) is 0 Å². The summed E-state index contributed by atoms with van der Waals surface area (Å²) in [5.74, 6) is -0.245. The van der Waals surface area contributed by atoms with Crippen molar-refractivity contribution in [2.75, 3.05) is 4.90 Å². The summed E-state index contributed by atoms with van der Waals surface area (Å²) in [4.78, 5) is 25.9. The maximum atomic E-state index is 13.1. The average Bonchev–Trinajstić information content (AvgIpc) is 2.71. The molecule has 0 aliphatic carbocycles. The van der Waals surface area contributed by atoms with Gasteiger partial charge in [-0.15, -0.1) is 0 Å². The van der Waals surface area contributed by atoms with Crippen LogP contribution in [-0.2, 0) is 14.3 Å². The Morgan fingerprint density at radius 2 is 1.88 bits per heavy atom. The maximum Gasteiger partial charge on any atom is 0.256 e. The van der Waals surface area contributed by atoms with Crippen LogP contribution >= 0.6 is 23.2 Å². The minimum Gasteiger partial charge on any atom is -0.355 e. The largest absolute Gasteiger partial charge is 0.355 e. The Kier molecular flexibility index (Phi) is 5.66. The molecular weight excluding hydrogens is 373 g/mol. The Labute approximate surface area is 162 Å². The molecule has 136 valence electrons. The fourth-order valence-corrected chi connectivity index (χ4v) is 3.64. The van der Waals surface area contributed by atoms with Crippen molar-refractivity contribution in [1.29, 1.82) is 0 Å². The highest BCUT2D eigenvalue weighted by Gasteiger charge is 2.38. The van der Waals surface area contributed by atoms with Crippen molar-refractivity contribution in [3.8, 4) is 0 Å². The molecule has 0 saturated carbocycles. The number of ether oxygens (including phenoxy) is 1. The summed E-state index contributed by atoms with van der Waals surface area (Å²) in [6.45, 7) is 3.84. The molecule has 1 heterocycles. The zero-order chi connectivity index (χ0) is 18.8. The molecule has 0 radical (unpaired) electrons.